The third-order valence-corrected chi connectivity index (χ3v) is 4.26. The zero-order chi connectivity index (χ0) is 11.9. The molecule has 0 spiro atoms. The summed E-state index contributed by atoms with van der Waals surface area (Å²) in [6.45, 7) is 0. The number of fused-ring (bicyclic) bond motifs is 5. The molecule has 4 rings (SSSR count). The Hall–Kier alpha value is -0.690. The van der Waals surface area contributed by atoms with E-state index in [2.05, 4.69) is 48.5 Å². The number of benzene rings is 3. The summed E-state index contributed by atoms with van der Waals surface area (Å²) in [6, 6.07) is 18.0. The van der Waals surface area contributed by atoms with Gasteiger partial charge in [0, 0.05) is 0 Å². The molecule has 0 amide bonds. The van der Waals surface area contributed by atoms with Gasteiger partial charge >= 0.3 is 18.9 Å². The maximum absolute atomic E-state index is 2.35. The van der Waals surface area contributed by atoms with Crippen molar-refractivity contribution in [2.45, 2.75) is 25.7 Å². The molecule has 0 radical (unpaired) electrons. The second kappa shape index (κ2) is 6.39. The Labute approximate surface area is 142 Å². The van der Waals surface area contributed by atoms with Crippen LogP contribution >= 0.6 is 0 Å². The fraction of sp³-hybridized carbons (Fsp3) is 0.222. The van der Waals surface area contributed by atoms with Gasteiger partial charge in [-0.2, -0.15) is 0 Å². The SMILES string of the molecule is [AlH3].[LiH].c1ccc2c(c1)ccc1c3c(ccc12)CCCC3. The van der Waals surface area contributed by atoms with E-state index in [1.807, 2.05) is 0 Å². The zero-order valence-corrected chi connectivity index (χ0v) is 10.4. The average Bonchev–Trinajstić information content (AvgIpc) is 2.46. The minimum atomic E-state index is 0. The van der Waals surface area contributed by atoms with E-state index in [-0.39, 0.29) is 36.2 Å². The smallest absolute Gasteiger partial charge is 0.0102 e. The molecule has 1 aliphatic carbocycles. The summed E-state index contributed by atoms with van der Waals surface area (Å²) in [5.74, 6) is 0. The summed E-state index contributed by atoms with van der Waals surface area (Å²) in [5, 5.41) is 5.64. The van der Waals surface area contributed by atoms with Gasteiger partial charge in [-0.25, -0.2) is 0 Å². The van der Waals surface area contributed by atoms with E-state index in [0.29, 0.717) is 0 Å². The van der Waals surface area contributed by atoms with Gasteiger partial charge in [0.2, 0.25) is 0 Å². The number of hydrogen-bond acceptors (Lipinski definition) is 0. The monoisotopic (exact) mass is 270 g/mol. The van der Waals surface area contributed by atoms with Crippen LogP contribution in [0.15, 0.2) is 48.5 Å². The van der Waals surface area contributed by atoms with Crippen LogP contribution in [0.3, 0.4) is 0 Å². The standard InChI is InChI=1S/C18H16.Al.Li.4H/c1-3-7-15-13(5-1)9-11-18-16-8-4-2-6-14(16)10-12-17(15)18;;;;;;/h1,3,5,7,9-12H,2,4,6,8H2;;;;;;. The maximum atomic E-state index is 2.35. The third-order valence-electron chi connectivity index (χ3n) is 4.26. The summed E-state index contributed by atoms with van der Waals surface area (Å²) >= 11 is 0. The molecule has 0 unspecified atom stereocenters. The Morgan fingerprint density at radius 3 is 2.30 bits per heavy atom. The summed E-state index contributed by atoms with van der Waals surface area (Å²) in [6.07, 6.45) is 5.22. The van der Waals surface area contributed by atoms with Crippen molar-refractivity contribution >= 4 is 57.8 Å². The first-order valence-electron chi connectivity index (χ1n) is 6.86. The minimum absolute atomic E-state index is 0. The van der Waals surface area contributed by atoms with E-state index in [0.717, 1.165) is 0 Å². The first kappa shape index (κ1) is 15.7. The molecular weight excluding hydrogens is 250 g/mol. The van der Waals surface area contributed by atoms with Crippen molar-refractivity contribution in [3.05, 3.63) is 59.7 Å². The Morgan fingerprint density at radius 2 is 1.40 bits per heavy atom. The van der Waals surface area contributed by atoms with Crippen molar-refractivity contribution in [3.8, 4) is 0 Å². The Kier molecular flexibility index (Phi) is 5.01. The minimum Gasteiger partial charge on any atom is -0.0616 e. The molecule has 20 heavy (non-hydrogen) atoms. The van der Waals surface area contributed by atoms with Crippen molar-refractivity contribution in [3.63, 3.8) is 0 Å². The van der Waals surface area contributed by atoms with E-state index in [1.165, 1.54) is 47.2 Å². The molecule has 0 saturated carbocycles. The predicted molar refractivity (Wildman–Crippen MR) is 95.2 cm³/mol. The van der Waals surface area contributed by atoms with Crippen molar-refractivity contribution in [2.75, 3.05) is 0 Å². The largest absolute Gasteiger partial charge is 0.0616 e. The molecule has 3 aromatic carbocycles. The van der Waals surface area contributed by atoms with Crippen molar-refractivity contribution < 1.29 is 0 Å². The van der Waals surface area contributed by atoms with Crippen molar-refractivity contribution in [2.24, 2.45) is 0 Å². The fourth-order valence-corrected chi connectivity index (χ4v) is 3.34. The molecule has 96 valence electrons. The normalized spacial score (nSPS) is 13.4. The van der Waals surface area contributed by atoms with Gasteiger partial charge in [-0.15, -0.1) is 0 Å². The van der Waals surface area contributed by atoms with Gasteiger partial charge in [0.25, 0.3) is 0 Å². The molecule has 0 N–H and O–H groups in total. The van der Waals surface area contributed by atoms with E-state index in [4.69, 9.17) is 0 Å². The van der Waals surface area contributed by atoms with Gasteiger partial charge in [0.05, 0.1) is 0 Å². The molecule has 0 heterocycles. The second-order valence-electron chi connectivity index (χ2n) is 5.29. The second-order valence-corrected chi connectivity index (χ2v) is 5.29. The van der Waals surface area contributed by atoms with Crippen LogP contribution in [0.2, 0.25) is 0 Å². The zero-order valence-electron chi connectivity index (χ0n) is 10.4. The molecule has 2 heteroatoms. The van der Waals surface area contributed by atoms with Crippen LogP contribution in [0.4, 0.5) is 0 Å². The quantitative estimate of drug-likeness (QED) is 0.435. The van der Waals surface area contributed by atoms with E-state index in [9.17, 15) is 0 Å². The van der Waals surface area contributed by atoms with Gasteiger partial charge in [0.15, 0.2) is 17.4 Å². The molecular formula is C18H20AlLi. The predicted octanol–water partition coefficient (Wildman–Crippen LogP) is 3.04. The van der Waals surface area contributed by atoms with Crippen LogP contribution in [0.5, 0.6) is 0 Å². The molecule has 0 bridgehead atoms. The first-order valence-corrected chi connectivity index (χ1v) is 6.86. The summed E-state index contributed by atoms with van der Waals surface area (Å²) < 4.78 is 0. The van der Waals surface area contributed by atoms with Crippen LogP contribution in [0, 0.1) is 0 Å². The van der Waals surface area contributed by atoms with Crippen LogP contribution in [0.1, 0.15) is 24.0 Å². The molecule has 0 atom stereocenters. The molecule has 0 nitrogen and oxygen atoms in total. The molecule has 0 saturated heterocycles. The van der Waals surface area contributed by atoms with Gasteiger partial charge in [-0.3, -0.25) is 0 Å². The summed E-state index contributed by atoms with van der Waals surface area (Å²) in [4.78, 5) is 0. The first-order chi connectivity index (χ1) is 8.93. The molecule has 0 fully saturated rings. The fourth-order valence-electron chi connectivity index (χ4n) is 3.34. The van der Waals surface area contributed by atoms with Gasteiger partial charge in [0.1, 0.15) is 0 Å². The van der Waals surface area contributed by atoms with Crippen LogP contribution in [-0.4, -0.2) is 36.2 Å². The van der Waals surface area contributed by atoms with E-state index < -0.39 is 0 Å². The van der Waals surface area contributed by atoms with Crippen LogP contribution in [0.25, 0.3) is 21.5 Å². The van der Waals surface area contributed by atoms with Crippen LogP contribution < -0.4 is 0 Å². The Bertz CT molecular complexity index is 749. The number of aryl methyl sites for hydroxylation is 2. The summed E-state index contributed by atoms with van der Waals surface area (Å²) in [5.41, 5.74) is 3.17. The maximum Gasteiger partial charge on any atom is -0.0102 e. The van der Waals surface area contributed by atoms with Crippen molar-refractivity contribution in [1.82, 2.24) is 0 Å². The molecule has 1 aliphatic rings. The molecule has 0 aliphatic heterocycles. The molecule has 3 aromatic rings. The van der Waals surface area contributed by atoms with Gasteiger partial charge < -0.3 is 0 Å². The van der Waals surface area contributed by atoms with Gasteiger partial charge in [-0.1, -0.05) is 48.5 Å². The average molecular weight is 270 g/mol. The van der Waals surface area contributed by atoms with E-state index >= 15 is 0 Å². The van der Waals surface area contributed by atoms with Crippen LogP contribution in [-0.2, 0) is 12.8 Å². The Morgan fingerprint density at radius 1 is 0.650 bits per heavy atom. The number of hydrogen-bond donors (Lipinski definition) is 0. The Balaban J connectivity index is 0.000000735. The molecule has 0 aromatic heterocycles. The topological polar surface area (TPSA) is 0 Å². The van der Waals surface area contributed by atoms with Crippen molar-refractivity contribution in [1.29, 1.82) is 0 Å². The van der Waals surface area contributed by atoms with E-state index in [1.54, 1.807) is 11.1 Å². The third kappa shape index (κ3) is 2.45. The van der Waals surface area contributed by atoms with Gasteiger partial charge in [-0.05, 0) is 58.4 Å². The number of rotatable bonds is 0. The summed E-state index contributed by atoms with van der Waals surface area (Å²) in [7, 11) is 0.